The molecule has 6 aromatic carbocycles. The summed E-state index contributed by atoms with van der Waals surface area (Å²) in [4.78, 5) is 14.8. The van der Waals surface area contributed by atoms with E-state index in [2.05, 4.69) is 138 Å². The van der Waals surface area contributed by atoms with Crippen molar-refractivity contribution in [3.63, 3.8) is 0 Å². The number of para-hydroxylation sites is 1. The Labute approximate surface area is 290 Å². The van der Waals surface area contributed by atoms with Crippen LogP contribution in [0.2, 0.25) is 0 Å². The molecule has 4 heteroatoms. The van der Waals surface area contributed by atoms with E-state index in [1.807, 2.05) is 42.6 Å². The van der Waals surface area contributed by atoms with Crippen molar-refractivity contribution in [3.8, 4) is 67.8 Å². The topological polar surface area (TPSA) is 47.9 Å². The molecular formula is C46H29N3O. The van der Waals surface area contributed by atoms with Crippen molar-refractivity contribution in [2.75, 3.05) is 0 Å². The molecule has 1 spiro atoms. The molecule has 0 unspecified atom stereocenters. The molecule has 0 amide bonds. The van der Waals surface area contributed by atoms with Crippen LogP contribution in [0.1, 0.15) is 22.3 Å². The van der Waals surface area contributed by atoms with Gasteiger partial charge in [-0.2, -0.15) is 0 Å². The molecule has 0 radical (unpaired) electrons. The number of aromatic nitrogens is 3. The van der Waals surface area contributed by atoms with E-state index in [-0.39, 0.29) is 0 Å². The molecule has 0 saturated carbocycles. The zero-order chi connectivity index (χ0) is 33.1. The molecule has 50 heavy (non-hydrogen) atoms. The van der Waals surface area contributed by atoms with Crippen molar-refractivity contribution in [2.45, 2.75) is 5.41 Å². The third-order valence-corrected chi connectivity index (χ3v) is 10.0. The van der Waals surface area contributed by atoms with Gasteiger partial charge in [-0.15, -0.1) is 0 Å². The SMILES string of the molecule is c1ccc(-c2nc(-c3ccc(-c4ccccn4)cc3)cc(-c3ccc4c(c3)C3(c5ccccc5O4)c4ccccc4-c4ccccc43)n2)cc1. The monoisotopic (exact) mass is 639 g/mol. The Morgan fingerprint density at radius 3 is 1.64 bits per heavy atom. The summed E-state index contributed by atoms with van der Waals surface area (Å²) in [6, 6.07) is 59.3. The summed E-state index contributed by atoms with van der Waals surface area (Å²) < 4.78 is 6.68. The average Bonchev–Trinajstić information content (AvgIpc) is 3.49. The predicted molar refractivity (Wildman–Crippen MR) is 199 cm³/mol. The number of benzene rings is 6. The summed E-state index contributed by atoms with van der Waals surface area (Å²) in [6.45, 7) is 0. The van der Waals surface area contributed by atoms with E-state index in [0.717, 1.165) is 62.0 Å². The Bertz CT molecular complexity index is 2520. The lowest BCUT2D eigenvalue weighted by Gasteiger charge is -2.39. The van der Waals surface area contributed by atoms with E-state index in [4.69, 9.17) is 14.7 Å². The van der Waals surface area contributed by atoms with Gasteiger partial charge < -0.3 is 4.74 Å². The summed E-state index contributed by atoms with van der Waals surface area (Å²) in [6.07, 6.45) is 1.82. The fourth-order valence-corrected chi connectivity index (χ4v) is 7.82. The highest BCUT2D eigenvalue weighted by Gasteiger charge is 2.51. The summed E-state index contributed by atoms with van der Waals surface area (Å²) in [7, 11) is 0. The lowest BCUT2D eigenvalue weighted by Crippen LogP contribution is -2.32. The molecule has 8 aromatic rings. The molecule has 1 aliphatic carbocycles. The fourth-order valence-electron chi connectivity index (χ4n) is 7.82. The van der Waals surface area contributed by atoms with Crippen LogP contribution in [0.25, 0.3) is 56.3 Å². The van der Waals surface area contributed by atoms with Crippen LogP contribution in [0.5, 0.6) is 11.5 Å². The summed E-state index contributed by atoms with van der Waals surface area (Å²) in [5, 5.41) is 0. The molecule has 0 bridgehead atoms. The van der Waals surface area contributed by atoms with E-state index >= 15 is 0 Å². The van der Waals surface area contributed by atoms with Crippen molar-refractivity contribution < 1.29 is 4.74 Å². The molecule has 4 nitrogen and oxygen atoms in total. The zero-order valence-corrected chi connectivity index (χ0v) is 27.0. The lowest BCUT2D eigenvalue weighted by atomic mass is 9.66. The first-order valence-electron chi connectivity index (χ1n) is 16.9. The largest absolute Gasteiger partial charge is 0.457 e. The van der Waals surface area contributed by atoms with Gasteiger partial charge in [0.15, 0.2) is 5.82 Å². The molecule has 0 saturated heterocycles. The van der Waals surface area contributed by atoms with Crippen LogP contribution < -0.4 is 4.74 Å². The fraction of sp³-hybridized carbons (Fsp3) is 0.0217. The highest BCUT2D eigenvalue weighted by atomic mass is 16.5. The quantitative estimate of drug-likeness (QED) is 0.192. The second-order valence-corrected chi connectivity index (χ2v) is 12.8. The minimum absolute atomic E-state index is 0.549. The van der Waals surface area contributed by atoms with Crippen LogP contribution in [0.3, 0.4) is 0 Å². The molecule has 0 fully saturated rings. The Morgan fingerprint density at radius 1 is 0.380 bits per heavy atom. The second-order valence-electron chi connectivity index (χ2n) is 12.8. The molecule has 2 aromatic heterocycles. The van der Waals surface area contributed by atoms with E-state index in [0.29, 0.717) is 5.82 Å². The van der Waals surface area contributed by atoms with Crippen molar-refractivity contribution in [2.24, 2.45) is 0 Å². The van der Waals surface area contributed by atoms with E-state index in [1.54, 1.807) is 0 Å². The van der Waals surface area contributed by atoms with Gasteiger partial charge in [-0.05, 0) is 64.7 Å². The highest BCUT2D eigenvalue weighted by Crippen LogP contribution is 2.62. The van der Waals surface area contributed by atoms with Crippen molar-refractivity contribution in [3.05, 3.63) is 198 Å². The van der Waals surface area contributed by atoms with Gasteiger partial charge in [0.05, 0.1) is 22.5 Å². The highest BCUT2D eigenvalue weighted by molar-refractivity contribution is 5.89. The van der Waals surface area contributed by atoms with Crippen molar-refractivity contribution in [1.82, 2.24) is 15.0 Å². The van der Waals surface area contributed by atoms with E-state index < -0.39 is 5.41 Å². The second kappa shape index (κ2) is 11.2. The van der Waals surface area contributed by atoms with Gasteiger partial charge >= 0.3 is 0 Å². The number of hydrogen-bond donors (Lipinski definition) is 0. The molecule has 0 N–H and O–H groups in total. The summed E-state index contributed by atoms with van der Waals surface area (Å²) in [5.41, 5.74) is 13.4. The van der Waals surface area contributed by atoms with Crippen LogP contribution in [0.4, 0.5) is 0 Å². The maximum atomic E-state index is 6.68. The van der Waals surface area contributed by atoms with Crippen LogP contribution >= 0.6 is 0 Å². The van der Waals surface area contributed by atoms with Crippen LogP contribution in [0.15, 0.2) is 176 Å². The Morgan fingerprint density at radius 2 is 0.940 bits per heavy atom. The van der Waals surface area contributed by atoms with Gasteiger partial charge in [-0.1, -0.05) is 127 Å². The molecule has 2 aliphatic rings. The zero-order valence-electron chi connectivity index (χ0n) is 27.0. The first-order valence-corrected chi connectivity index (χ1v) is 16.9. The molecule has 10 rings (SSSR count). The van der Waals surface area contributed by atoms with E-state index in [1.165, 1.54) is 22.3 Å². The minimum atomic E-state index is -0.549. The number of fused-ring (bicyclic) bond motifs is 9. The van der Waals surface area contributed by atoms with Crippen LogP contribution in [-0.2, 0) is 5.41 Å². The maximum absolute atomic E-state index is 6.68. The Kier molecular flexibility index (Phi) is 6.36. The maximum Gasteiger partial charge on any atom is 0.160 e. The number of pyridine rings is 1. The normalized spacial score (nSPS) is 13.1. The number of rotatable bonds is 4. The summed E-state index contributed by atoms with van der Waals surface area (Å²) >= 11 is 0. The molecule has 0 atom stereocenters. The molecular weight excluding hydrogens is 611 g/mol. The average molecular weight is 640 g/mol. The van der Waals surface area contributed by atoms with Crippen LogP contribution in [0, 0.1) is 0 Å². The number of nitrogens with zero attached hydrogens (tertiary/aromatic N) is 3. The number of ether oxygens (including phenoxy) is 1. The van der Waals surface area contributed by atoms with Gasteiger partial charge in [-0.25, -0.2) is 9.97 Å². The number of hydrogen-bond acceptors (Lipinski definition) is 4. The third-order valence-electron chi connectivity index (χ3n) is 10.0. The van der Waals surface area contributed by atoms with Gasteiger partial charge in [0.25, 0.3) is 0 Å². The predicted octanol–water partition coefficient (Wildman–Crippen LogP) is 11.0. The molecule has 234 valence electrons. The van der Waals surface area contributed by atoms with Gasteiger partial charge in [0.2, 0.25) is 0 Å². The van der Waals surface area contributed by atoms with Crippen LogP contribution in [-0.4, -0.2) is 15.0 Å². The Balaban J connectivity index is 1.18. The minimum Gasteiger partial charge on any atom is -0.457 e. The van der Waals surface area contributed by atoms with Crippen molar-refractivity contribution >= 4 is 0 Å². The molecule has 3 heterocycles. The smallest absolute Gasteiger partial charge is 0.160 e. The van der Waals surface area contributed by atoms with Crippen molar-refractivity contribution in [1.29, 1.82) is 0 Å². The van der Waals surface area contributed by atoms with Gasteiger partial charge in [0, 0.05) is 39.6 Å². The molecule has 1 aliphatic heterocycles. The Hall–Kier alpha value is -6.65. The first-order chi connectivity index (χ1) is 24.8. The standard InChI is InChI=1S/C46H29N3O/c1-2-12-32(13-3-1)45-48-41(31-23-21-30(22-24-31)40-19-10-11-27-47-40)29-42(49-45)33-25-26-44-39(28-33)46(38-18-8-9-20-43(38)50-44)36-16-6-4-14-34(36)35-15-5-7-17-37(35)46/h1-29H. The van der Waals surface area contributed by atoms with Gasteiger partial charge in [0.1, 0.15) is 11.5 Å². The third kappa shape index (κ3) is 4.28. The first kappa shape index (κ1) is 28.4. The summed E-state index contributed by atoms with van der Waals surface area (Å²) in [5.74, 6) is 2.41. The van der Waals surface area contributed by atoms with E-state index in [9.17, 15) is 0 Å². The lowest BCUT2D eigenvalue weighted by molar-refractivity contribution is 0.436. The van der Waals surface area contributed by atoms with Gasteiger partial charge in [-0.3, -0.25) is 4.98 Å².